The van der Waals surface area contributed by atoms with Crippen molar-refractivity contribution in [2.75, 3.05) is 36.0 Å². The van der Waals surface area contributed by atoms with Crippen LogP contribution in [0.3, 0.4) is 0 Å². The first-order chi connectivity index (χ1) is 13.5. The molecule has 2 aromatic heterocycles. The Balaban J connectivity index is 1.51. The van der Waals surface area contributed by atoms with Crippen molar-refractivity contribution < 1.29 is 13.2 Å². The Morgan fingerprint density at radius 3 is 2.36 bits per heavy atom. The molecule has 0 unspecified atom stereocenters. The number of piperazine rings is 1. The molecular formula is C18H17F3N6O. The number of alkyl halides is 2. The molecule has 0 radical (unpaired) electrons. The molecule has 0 bridgehead atoms. The topological polar surface area (TPSA) is 67.2 Å². The van der Waals surface area contributed by atoms with Crippen LogP contribution < -0.4 is 15.4 Å². The highest BCUT2D eigenvalue weighted by Gasteiger charge is 2.20. The van der Waals surface area contributed by atoms with Gasteiger partial charge in [0.15, 0.2) is 5.82 Å². The summed E-state index contributed by atoms with van der Waals surface area (Å²) in [6, 6.07) is 5.20. The summed E-state index contributed by atoms with van der Waals surface area (Å²) in [4.78, 5) is 28.6. The lowest BCUT2D eigenvalue weighted by Crippen LogP contribution is -2.47. The van der Waals surface area contributed by atoms with Crippen molar-refractivity contribution in [3.05, 3.63) is 53.1 Å². The Morgan fingerprint density at radius 2 is 1.68 bits per heavy atom. The van der Waals surface area contributed by atoms with Crippen LogP contribution in [0, 0.1) is 5.82 Å². The van der Waals surface area contributed by atoms with Crippen LogP contribution in [0.25, 0.3) is 10.9 Å². The molecule has 0 amide bonds. The maximum Gasteiger partial charge on any atom is 0.261 e. The summed E-state index contributed by atoms with van der Waals surface area (Å²) >= 11 is 0. The first-order valence-electron chi connectivity index (χ1n) is 8.76. The van der Waals surface area contributed by atoms with E-state index >= 15 is 0 Å². The smallest absolute Gasteiger partial charge is 0.261 e. The van der Waals surface area contributed by atoms with Crippen LogP contribution in [0.1, 0.15) is 0 Å². The van der Waals surface area contributed by atoms with Crippen LogP contribution in [0.4, 0.5) is 24.8 Å². The third-order valence-corrected chi connectivity index (χ3v) is 4.68. The van der Waals surface area contributed by atoms with Gasteiger partial charge < -0.3 is 9.80 Å². The summed E-state index contributed by atoms with van der Waals surface area (Å²) in [6.07, 6.45) is 0.831. The van der Waals surface area contributed by atoms with Crippen molar-refractivity contribution in [3.8, 4) is 0 Å². The zero-order chi connectivity index (χ0) is 19.7. The lowest BCUT2D eigenvalue weighted by Gasteiger charge is -2.36. The first kappa shape index (κ1) is 18.2. The number of aromatic nitrogens is 4. The van der Waals surface area contributed by atoms with Gasteiger partial charge in [-0.3, -0.25) is 9.36 Å². The summed E-state index contributed by atoms with van der Waals surface area (Å²) in [5.41, 5.74) is 0.887. The Kier molecular flexibility index (Phi) is 4.84. The summed E-state index contributed by atoms with van der Waals surface area (Å²) in [5, 5.41) is 0.310. The molecule has 0 aliphatic carbocycles. The highest BCUT2D eigenvalue weighted by atomic mass is 19.3. The standard InChI is InChI=1S/C18H17F3N6O/c19-12-8-22-18(23-9-12)26-5-3-25(4-6-26)13-1-2-14-15(7-13)24-11-27(17(14)28)10-16(20)21/h1-2,7-9,11,16H,3-6,10H2. The monoisotopic (exact) mass is 390 g/mol. The van der Waals surface area contributed by atoms with E-state index in [4.69, 9.17) is 0 Å². The van der Waals surface area contributed by atoms with E-state index in [0.29, 0.717) is 43.0 Å². The SMILES string of the molecule is O=c1c2ccc(N3CCN(c4ncc(F)cn4)CC3)cc2ncn1CC(F)F. The van der Waals surface area contributed by atoms with Gasteiger partial charge in [-0.15, -0.1) is 0 Å². The summed E-state index contributed by atoms with van der Waals surface area (Å²) in [5.74, 6) is 0.0134. The first-order valence-corrected chi connectivity index (χ1v) is 8.76. The highest BCUT2D eigenvalue weighted by Crippen LogP contribution is 2.21. The normalized spacial score (nSPS) is 14.9. The minimum Gasteiger partial charge on any atom is -0.368 e. The van der Waals surface area contributed by atoms with Crippen molar-refractivity contribution in [1.82, 2.24) is 19.5 Å². The molecule has 0 saturated carbocycles. The minimum atomic E-state index is -2.61. The van der Waals surface area contributed by atoms with Crippen LogP contribution in [-0.2, 0) is 6.54 Å². The molecule has 1 saturated heterocycles. The Hall–Kier alpha value is -3.17. The molecule has 4 rings (SSSR count). The number of anilines is 2. The van der Waals surface area contributed by atoms with E-state index < -0.39 is 24.3 Å². The lowest BCUT2D eigenvalue weighted by atomic mass is 10.2. The van der Waals surface area contributed by atoms with Crippen LogP contribution in [0.5, 0.6) is 0 Å². The molecule has 1 aliphatic heterocycles. The van der Waals surface area contributed by atoms with E-state index in [1.54, 1.807) is 18.2 Å². The second kappa shape index (κ2) is 7.45. The van der Waals surface area contributed by atoms with Gasteiger partial charge in [0.2, 0.25) is 5.95 Å². The number of hydrogen-bond donors (Lipinski definition) is 0. The molecule has 3 heterocycles. The maximum atomic E-state index is 13.0. The number of halogens is 3. The summed E-state index contributed by atoms with van der Waals surface area (Å²) < 4.78 is 39.0. The molecule has 10 heteroatoms. The minimum absolute atomic E-state index is 0.310. The highest BCUT2D eigenvalue weighted by molar-refractivity contribution is 5.81. The van der Waals surface area contributed by atoms with Gasteiger partial charge >= 0.3 is 0 Å². The molecule has 28 heavy (non-hydrogen) atoms. The van der Waals surface area contributed by atoms with E-state index in [1.807, 2.05) is 4.90 Å². The van der Waals surface area contributed by atoms with Crippen LogP contribution in [0.2, 0.25) is 0 Å². The summed E-state index contributed by atoms with van der Waals surface area (Å²) in [6.45, 7) is 2.03. The Morgan fingerprint density at radius 1 is 1.00 bits per heavy atom. The Bertz CT molecular complexity index is 1030. The van der Waals surface area contributed by atoms with Crippen molar-refractivity contribution in [3.63, 3.8) is 0 Å². The van der Waals surface area contributed by atoms with Gasteiger partial charge in [-0.2, -0.15) is 0 Å². The second-order valence-electron chi connectivity index (χ2n) is 6.47. The van der Waals surface area contributed by atoms with Gasteiger partial charge in [0.1, 0.15) is 0 Å². The number of fused-ring (bicyclic) bond motifs is 1. The molecule has 0 N–H and O–H groups in total. The molecule has 1 aliphatic rings. The largest absolute Gasteiger partial charge is 0.368 e. The molecule has 0 spiro atoms. The predicted molar refractivity (Wildman–Crippen MR) is 98.4 cm³/mol. The fraction of sp³-hybridized carbons (Fsp3) is 0.333. The van der Waals surface area contributed by atoms with E-state index in [2.05, 4.69) is 19.9 Å². The fourth-order valence-electron chi connectivity index (χ4n) is 3.26. The molecule has 1 fully saturated rings. The predicted octanol–water partition coefficient (Wildman–Crippen LogP) is 1.92. The van der Waals surface area contributed by atoms with Crippen LogP contribution >= 0.6 is 0 Å². The molecule has 7 nitrogen and oxygen atoms in total. The summed E-state index contributed by atoms with van der Waals surface area (Å²) in [7, 11) is 0. The third kappa shape index (κ3) is 3.62. The Labute approximate surface area is 158 Å². The van der Waals surface area contributed by atoms with Crippen molar-refractivity contribution in [2.24, 2.45) is 0 Å². The number of benzene rings is 1. The second-order valence-corrected chi connectivity index (χ2v) is 6.47. The average molecular weight is 390 g/mol. The van der Waals surface area contributed by atoms with Gasteiger partial charge in [0, 0.05) is 31.9 Å². The molecule has 146 valence electrons. The van der Waals surface area contributed by atoms with Crippen LogP contribution in [-0.4, -0.2) is 52.1 Å². The van der Waals surface area contributed by atoms with E-state index in [1.165, 1.54) is 0 Å². The van der Waals surface area contributed by atoms with Gasteiger partial charge in [-0.25, -0.2) is 28.1 Å². The zero-order valence-corrected chi connectivity index (χ0v) is 14.8. The van der Waals surface area contributed by atoms with E-state index in [-0.39, 0.29) is 0 Å². The number of nitrogens with zero attached hydrogens (tertiary/aromatic N) is 6. The van der Waals surface area contributed by atoms with Gasteiger partial charge in [0.05, 0.1) is 36.2 Å². The average Bonchev–Trinajstić information content (AvgIpc) is 2.70. The fourth-order valence-corrected chi connectivity index (χ4v) is 3.26. The number of hydrogen-bond acceptors (Lipinski definition) is 6. The van der Waals surface area contributed by atoms with E-state index in [9.17, 15) is 18.0 Å². The van der Waals surface area contributed by atoms with Gasteiger partial charge in [-0.05, 0) is 18.2 Å². The van der Waals surface area contributed by atoms with Crippen molar-refractivity contribution in [2.45, 2.75) is 13.0 Å². The third-order valence-electron chi connectivity index (χ3n) is 4.68. The molecule has 3 aromatic rings. The lowest BCUT2D eigenvalue weighted by molar-refractivity contribution is 0.125. The molecule has 1 aromatic carbocycles. The maximum absolute atomic E-state index is 13.0. The quantitative estimate of drug-likeness (QED) is 0.678. The molecular weight excluding hydrogens is 373 g/mol. The zero-order valence-electron chi connectivity index (χ0n) is 14.8. The van der Waals surface area contributed by atoms with Crippen molar-refractivity contribution in [1.29, 1.82) is 0 Å². The van der Waals surface area contributed by atoms with Gasteiger partial charge in [0.25, 0.3) is 12.0 Å². The van der Waals surface area contributed by atoms with E-state index in [0.717, 1.165) is 29.0 Å². The van der Waals surface area contributed by atoms with Crippen molar-refractivity contribution >= 4 is 22.5 Å². The van der Waals surface area contributed by atoms with Gasteiger partial charge in [-0.1, -0.05) is 0 Å². The molecule has 0 atom stereocenters. The number of rotatable bonds is 4. The van der Waals surface area contributed by atoms with Crippen LogP contribution in [0.15, 0.2) is 41.7 Å².